The lowest BCUT2D eigenvalue weighted by Gasteiger charge is -2.10. The molecular weight excluding hydrogens is 644 g/mol. The number of hydrogen-bond acceptors (Lipinski definition) is 8. The molecule has 0 unspecified atom stereocenters. The van der Waals surface area contributed by atoms with E-state index in [0.717, 1.165) is 57.9 Å². The molecule has 0 saturated heterocycles. The summed E-state index contributed by atoms with van der Waals surface area (Å²) in [6.45, 7) is 6.07. The average molecular weight is 727 g/mol. The minimum Gasteiger partial charge on any atom is -0.466 e. The number of likely N-dealkylation sites (N-methyl/N-ethyl adjacent to an activating group) is 1. The van der Waals surface area contributed by atoms with Crippen LogP contribution in [0.5, 0.6) is 0 Å². The van der Waals surface area contributed by atoms with Crippen molar-refractivity contribution in [3.8, 4) is 0 Å². The quantitative estimate of drug-likeness (QED) is 0.0378. The van der Waals surface area contributed by atoms with E-state index in [2.05, 4.69) is 12.2 Å². The molecule has 0 spiro atoms. The first-order valence-corrected chi connectivity index (χ1v) is 21.4. The Balaban J connectivity index is 3.26. The molecule has 9 nitrogen and oxygen atoms in total. The minimum absolute atomic E-state index is 0.00692. The molecule has 0 radical (unpaired) electrons. The van der Waals surface area contributed by atoms with Crippen LogP contribution < -0.4 is 5.32 Å². The highest BCUT2D eigenvalue weighted by Crippen LogP contribution is 2.15. The standard InChI is InChI=1S/C42H82N2O7/c1-4-5-6-7-8-9-18-21-24-28-35-49-40(45)31-26-22-19-16-14-12-10-11-13-15-17-20-23-27-32-41(46)50-36-29-25-30-37-51-42(47)43-33-38-48-39-34-44(2)3/h4-39H2,1-3H3,(H,43,47). The van der Waals surface area contributed by atoms with Crippen LogP contribution in [0.2, 0.25) is 0 Å². The Bertz CT molecular complexity index is 765. The van der Waals surface area contributed by atoms with Crippen LogP contribution in [0.4, 0.5) is 4.79 Å². The zero-order valence-corrected chi connectivity index (χ0v) is 33.8. The normalized spacial score (nSPS) is 11.2. The zero-order chi connectivity index (χ0) is 37.3. The van der Waals surface area contributed by atoms with Gasteiger partial charge in [0, 0.05) is 25.9 Å². The highest BCUT2D eigenvalue weighted by molar-refractivity contribution is 5.69. The van der Waals surface area contributed by atoms with E-state index in [1.54, 1.807) is 0 Å². The Morgan fingerprint density at radius 3 is 1.20 bits per heavy atom. The van der Waals surface area contributed by atoms with Crippen LogP contribution in [-0.4, -0.2) is 83.2 Å². The van der Waals surface area contributed by atoms with Crippen LogP contribution in [0, 0.1) is 0 Å². The third-order valence-corrected chi connectivity index (χ3v) is 9.26. The monoisotopic (exact) mass is 727 g/mol. The van der Waals surface area contributed by atoms with Crippen molar-refractivity contribution < 1.29 is 33.3 Å². The number of esters is 2. The van der Waals surface area contributed by atoms with Crippen molar-refractivity contribution in [3.05, 3.63) is 0 Å². The smallest absolute Gasteiger partial charge is 0.407 e. The van der Waals surface area contributed by atoms with Gasteiger partial charge in [0.1, 0.15) is 0 Å². The second-order valence-corrected chi connectivity index (χ2v) is 14.6. The van der Waals surface area contributed by atoms with Crippen molar-refractivity contribution >= 4 is 18.0 Å². The second-order valence-electron chi connectivity index (χ2n) is 14.6. The summed E-state index contributed by atoms with van der Waals surface area (Å²) in [6.07, 6.45) is 33.0. The van der Waals surface area contributed by atoms with Gasteiger partial charge in [0.05, 0.1) is 33.0 Å². The van der Waals surface area contributed by atoms with E-state index in [4.69, 9.17) is 18.9 Å². The van der Waals surface area contributed by atoms with Gasteiger partial charge in [-0.15, -0.1) is 0 Å². The number of amides is 1. The highest BCUT2D eigenvalue weighted by Gasteiger charge is 2.05. The van der Waals surface area contributed by atoms with E-state index in [1.165, 1.54) is 122 Å². The molecule has 0 rings (SSSR count). The van der Waals surface area contributed by atoms with Gasteiger partial charge in [-0.05, 0) is 52.6 Å². The molecule has 302 valence electrons. The predicted octanol–water partition coefficient (Wildman–Crippen LogP) is 10.7. The van der Waals surface area contributed by atoms with Crippen LogP contribution in [-0.2, 0) is 28.5 Å². The largest absolute Gasteiger partial charge is 0.466 e. The second kappa shape index (κ2) is 40.9. The summed E-state index contributed by atoms with van der Waals surface area (Å²) in [6, 6.07) is 0. The molecule has 0 heterocycles. The number of nitrogens with zero attached hydrogens (tertiary/aromatic N) is 1. The summed E-state index contributed by atoms with van der Waals surface area (Å²) in [5.74, 6) is -0.108. The molecular formula is C42H82N2O7. The molecule has 1 amide bonds. The van der Waals surface area contributed by atoms with Gasteiger partial charge in [0.25, 0.3) is 0 Å². The fourth-order valence-electron chi connectivity index (χ4n) is 5.94. The van der Waals surface area contributed by atoms with Crippen LogP contribution in [0.1, 0.15) is 193 Å². The van der Waals surface area contributed by atoms with Gasteiger partial charge in [-0.2, -0.15) is 0 Å². The number of nitrogens with one attached hydrogen (secondary N) is 1. The maximum absolute atomic E-state index is 12.0. The first-order valence-electron chi connectivity index (χ1n) is 21.4. The number of unbranched alkanes of at least 4 members (excludes halogenated alkanes) is 24. The van der Waals surface area contributed by atoms with Gasteiger partial charge in [-0.1, -0.05) is 142 Å². The molecule has 0 aromatic carbocycles. The first-order chi connectivity index (χ1) is 25.0. The Kier molecular flexibility index (Phi) is 39.4. The zero-order valence-electron chi connectivity index (χ0n) is 33.8. The minimum atomic E-state index is -0.419. The number of rotatable bonds is 40. The van der Waals surface area contributed by atoms with Gasteiger partial charge in [-0.3, -0.25) is 9.59 Å². The molecule has 0 aromatic heterocycles. The highest BCUT2D eigenvalue weighted by atomic mass is 16.6. The van der Waals surface area contributed by atoms with E-state index in [-0.39, 0.29) is 11.9 Å². The summed E-state index contributed by atoms with van der Waals surface area (Å²) in [5, 5.41) is 2.68. The molecule has 0 aliphatic heterocycles. The number of carbonyl (C=O) groups is 3. The van der Waals surface area contributed by atoms with Crippen molar-refractivity contribution in [2.24, 2.45) is 0 Å². The maximum atomic E-state index is 12.0. The molecule has 0 aliphatic carbocycles. The molecule has 0 saturated carbocycles. The van der Waals surface area contributed by atoms with E-state index in [9.17, 15) is 14.4 Å². The maximum Gasteiger partial charge on any atom is 0.407 e. The lowest BCUT2D eigenvalue weighted by atomic mass is 10.0. The van der Waals surface area contributed by atoms with E-state index in [1.807, 2.05) is 19.0 Å². The number of ether oxygens (including phenoxy) is 4. The Hall–Kier alpha value is -1.87. The average Bonchev–Trinajstić information content (AvgIpc) is 3.11. The summed E-state index contributed by atoms with van der Waals surface area (Å²) < 4.78 is 21.3. The summed E-state index contributed by atoms with van der Waals surface area (Å²) >= 11 is 0. The number of carbonyl (C=O) groups excluding carboxylic acids is 3. The van der Waals surface area contributed by atoms with E-state index in [0.29, 0.717) is 52.4 Å². The Labute approximate surface area is 314 Å². The topological polar surface area (TPSA) is 103 Å². The van der Waals surface area contributed by atoms with Crippen molar-refractivity contribution in [2.45, 2.75) is 193 Å². The SMILES string of the molecule is CCCCCCCCCCCCOC(=O)CCCCCCCCCCCCCCCCC(=O)OCCCCCOC(=O)NCCOCCN(C)C. The number of alkyl carbamates (subject to hydrolysis) is 1. The Morgan fingerprint density at radius 1 is 0.431 bits per heavy atom. The van der Waals surface area contributed by atoms with Crippen LogP contribution in [0.25, 0.3) is 0 Å². The first kappa shape index (κ1) is 49.1. The lowest BCUT2D eigenvalue weighted by molar-refractivity contribution is -0.144. The molecule has 0 aliphatic rings. The Morgan fingerprint density at radius 2 is 0.784 bits per heavy atom. The van der Waals surface area contributed by atoms with Gasteiger partial charge in [0.15, 0.2) is 0 Å². The van der Waals surface area contributed by atoms with E-state index >= 15 is 0 Å². The van der Waals surface area contributed by atoms with Crippen molar-refractivity contribution in [1.82, 2.24) is 10.2 Å². The van der Waals surface area contributed by atoms with Crippen molar-refractivity contribution in [2.75, 3.05) is 60.2 Å². The van der Waals surface area contributed by atoms with Crippen molar-refractivity contribution in [1.29, 1.82) is 0 Å². The van der Waals surface area contributed by atoms with Gasteiger partial charge >= 0.3 is 18.0 Å². The van der Waals surface area contributed by atoms with Crippen LogP contribution in [0.15, 0.2) is 0 Å². The third kappa shape index (κ3) is 42.4. The lowest BCUT2D eigenvalue weighted by Crippen LogP contribution is -2.29. The number of hydrogen-bond donors (Lipinski definition) is 1. The van der Waals surface area contributed by atoms with Crippen molar-refractivity contribution in [3.63, 3.8) is 0 Å². The molecule has 1 N–H and O–H groups in total. The summed E-state index contributed by atoms with van der Waals surface area (Å²) in [7, 11) is 3.98. The molecule has 0 aromatic rings. The predicted molar refractivity (Wildman–Crippen MR) is 210 cm³/mol. The van der Waals surface area contributed by atoms with Crippen LogP contribution in [0.3, 0.4) is 0 Å². The molecule has 51 heavy (non-hydrogen) atoms. The van der Waals surface area contributed by atoms with E-state index < -0.39 is 6.09 Å². The molecule has 9 heteroatoms. The van der Waals surface area contributed by atoms with Gasteiger partial charge < -0.3 is 29.2 Å². The van der Waals surface area contributed by atoms with Gasteiger partial charge in [0.2, 0.25) is 0 Å². The molecule has 0 fully saturated rings. The molecule has 0 atom stereocenters. The summed E-state index contributed by atoms with van der Waals surface area (Å²) in [5.41, 5.74) is 0. The molecule has 0 bridgehead atoms. The fourth-order valence-corrected chi connectivity index (χ4v) is 5.94. The van der Waals surface area contributed by atoms with Crippen LogP contribution >= 0.6 is 0 Å². The fraction of sp³-hybridized carbons (Fsp3) is 0.929. The van der Waals surface area contributed by atoms with Gasteiger partial charge in [-0.25, -0.2) is 4.79 Å². The third-order valence-electron chi connectivity index (χ3n) is 9.26. The summed E-state index contributed by atoms with van der Waals surface area (Å²) in [4.78, 5) is 37.6.